The lowest BCUT2D eigenvalue weighted by Crippen LogP contribution is -2.02. The van der Waals surface area contributed by atoms with Crippen LogP contribution >= 0.6 is 22.7 Å². The molecule has 3 heterocycles. The highest BCUT2D eigenvalue weighted by Crippen LogP contribution is 2.36. The summed E-state index contributed by atoms with van der Waals surface area (Å²) < 4.78 is 24.4. The lowest BCUT2D eigenvalue weighted by molar-refractivity contribution is 0.282. The van der Waals surface area contributed by atoms with Crippen molar-refractivity contribution in [1.29, 1.82) is 0 Å². The Hall–Kier alpha value is -3.96. The van der Waals surface area contributed by atoms with Gasteiger partial charge in [0, 0.05) is 17.7 Å². The van der Waals surface area contributed by atoms with Gasteiger partial charge < -0.3 is 18.9 Å². The van der Waals surface area contributed by atoms with Crippen LogP contribution in [-0.2, 0) is 13.2 Å². The number of methoxy groups -OCH3 is 2. The Morgan fingerprint density at radius 1 is 0.971 bits per heavy atom. The third-order valence-electron chi connectivity index (χ3n) is 4.98. The Morgan fingerprint density at radius 2 is 1.74 bits per heavy atom. The molecule has 11 heteroatoms. The smallest absolute Gasteiger partial charge is 0.294 e. The average Bonchev–Trinajstić information content (AvgIpc) is 3.61. The first-order valence-electron chi connectivity index (χ1n) is 10.5. The summed E-state index contributed by atoms with van der Waals surface area (Å²) in [6.45, 7) is 4.43. The zero-order valence-electron chi connectivity index (χ0n) is 19.0. The molecular formula is C24H21N5O4S2. The molecule has 0 aliphatic carbocycles. The molecule has 0 fully saturated rings. The zero-order valence-corrected chi connectivity index (χ0v) is 20.6. The van der Waals surface area contributed by atoms with Crippen LogP contribution in [0.1, 0.15) is 16.3 Å². The normalized spacial score (nSPS) is 10.9. The van der Waals surface area contributed by atoms with E-state index in [1.807, 2.05) is 30.3 Å². The van der Waals surface area contributed by atoms with Gasteiger partial charge >= 0.3 is 0 Å². The molecule has 9 nitrogen and oxygen atoms in total. The van der Waals surface area contributed by atoms with Crippen LogP contribution in [0.2, 0.25) is 0 Å². The molecule has 0 aliphatic heterocycles. The topological polar surface area (TPSA) is 92.9 Å². The molecule has 35 heavy (non-hydrogen) atoms. The van der Waals surface area contributed by atoms with Gasteiger partial charge in [0.1, 0.15) is 35.5 Å². The first kappa shape index (κ1) is 22.8. The van der Waals surface area contributed by atoms with Gasteiger partial charge in [0.25, 0.3) is 5.19 Å². The van der Waals surface area contributed by atoms with Crippen LogP contribution in [0.15, 0.2) is 55.2 Å². The fourth-order valence-corrected chi connectivity index (χ4v) is 4.79. The second-order valence-electron chi connectivity index (χ2n) is 7.22. The second-order valence-corrected chi connectivity index (χ2v) is 9.20. The van der Waals surface area contributed by atoms with Gasteiger partial charge in [0.15, 0.2) is 5.01 Å². The summed E-state index contributed by atoms with van der Waals surface area (Å²) in [5.74, 6) is 1.74. The summed E-state index contributed by atoms with van der Waals surface area (Å²) >= 11 is 2.84. The zero-order chi connectivity index (χ0) is 24.2. The Morgan fingerprint density at radius 3 is 2.43 bits per heavy atom. The van der Waals surface area contributed by atoms with Gasteiger partial charge in [-0.1, -0.05) is 54.3 Å². The monoisotopic (exact) mass is 507 g/mol. The number of hydrogen-bond acceptors (Lipinski definition) is 10. The van der Waals surface area contributed by atoms with E-state index < -0.39 is 0 Å². The number of imidazole rings is 1. The van der Waals surface area contributed by atoms with Crippen LogP contribution in [0.5, 0.6) is 22.4 Å². The van der Waals surface area contributed by atoms with Crippen LogP contribution in [-0.4, -0.2) is 39.0 Å². The van der Waals surface area contributed by atoms with Crippen molar-refractivity contribution in [2.75, 3.05) is 14.2 Å². The van der Waals surface area contributed by atoms with Gasteiger partial charge in [-0.15, -0.1) is 15.3 Å². The maximum Gasteiger partial charge on any atom is 0.294 e. The third-order valence-corrected chi connectivity index (χ3v) is 6.81. The first-order chi connectivity index (χ1) is 17.2. The number of hydrogen-bond donors (Lipinski definition) is 0. The molecule has 0 atom stereocenters. The molecule has 0 amide bonds. The van der Waals surface area contributed by atoms with E-state index in [4.69, 9.17) is 18.9 Å². The van der Waals surface area contributed by atoms with E-state index in [1.54, 1.807) is 43.1 Å². The van der Waals surface area contributed by atoms with Gasteiger partial charge in [-0.25, -0.2) is 9.50 Å². The minimum absolute atomic E-state index is 0.239. The second kappa shape index (κ2) is 10.1. The van der Waals surface area contributed by atoms with Crippen molar-refractivity contribution >= 4 is 33.7 Å². The fourth-order valence-electron chi connectivity index (χ4n) is 3.31. The lowest BCUT2D eigenvalue weighted by Gasteiger charge is -2.15. The van der Waals surface area contributed by atoms with Crippen molar-refractivity contribution in [2.45, 2.75) is 13.2 Å². The largest absolute Gasteiger partial charge is 0.496 e. The highest BCUT2D eigenvalue weighted by molar-refractivity contribution is 7.18. The number of nitrogens with zero attached hydrogens (tertiary/aromatic N) is 5. The highest BCUT2D eigenvalue weighted by Gasteiger charge is 2.15. The predicted molar refractivity (Wildman–Crippen MR) is 135 cm³/mol. The average molecular weight is 508 g/mol. The van der Waals surface area contributed by atoms with Gasteiger partial charge in [-0.2, -0.15) is 0 Å². The number of ether oxygens (including phenoxy) is 4. The first-order valence-corrected chi connectivity index (χ1v) is 12.2. The Bertz CT molecular complexity index is 1430. The fraction of sp³-hybridized carbons (Fsp3) is 0.167. The lowest BCUT2D eigenvalue weighted by atomic mass is 10.1. The number of benzene rings is 2. The van der Waals surface area contributed by atoms with Gasteiger partial charge in [0.2, 0.25) is 4.96 Å². The molecule has 5 rings (SSSR count). The van der Waals surface area contributed by atoms with Gasteiger partial charge in [-0.05, 0) is 11.3 Å². The molecule has 0 aliphatic rings. The van der Waals surface area contributed by atoms with E-state index in [-0.39, 0.29) is 13.2 Å². The summed E-state index contributed by atoms with van der Waals surface area (Å²) in [6.07, 6.45) is 3.50. The summed E-state index contributed by atoms with van der Waals surface area (Å²) in [5, 5.41) is 15.0. The molecule has 2 aromatic carbocycles. The quantitative estimate of drug-likeness (QED) is 0.257. The molecule has 0 unspecified atom stereocenters. The van der Waals surface area contributed by atoms with Crippen LogP contribution < -0.4 is 18.9 Å². The van der Waals surface area contributed by atoms with E-state index in [9.17, 15) is 0 Å². The van der Waals surface area contributed by atoms with Crippen molar-refractivity contribution in [1.82, 2.24) is 24.8 Å². The predicted octanol–water partition coefficient (Wildman–Crippen LogP) is 5.13. The van der Waals surface area contributed by atoms with Crippen LogP contribution in [0.25, 0.3) is 21.6 Å². The van der Waals surface area contributed by atoms with E-state index in [1.165, 1.54) is 22.7 Å². The molecule has 0 saturated heterocycles. The van der Waals surface area contributed by atoms with Crippen molar-refractivity contribution in [3.63, 3.8) is 0 Å². The van der Waals surface area contributed by atoms with Crippen molar-refractivity contribution < 1.29 is 18.9 Å². The standard InChI is InChI=1S/C24H21N5O4S2/c1-4-18-19(32-13-16-12-29-23(25-16)35-24(28-29)31-3)10-17(30-2)11-20(18)33-14-21-26-27-22(34-21)15-8-6-5-7-9-15/h4-12H,1,13-14H2,2-3H3. The maximum atomic E-state index is 6.09. The highest BCUT2D eigenvalue weighted by atomic mass is 32.1. The summed E-state index contributed by atoms with van der Waals surface area (Å²) in [4.78, 5) is 5.26. The molecule has 5 aromatic rings. The third kappa shape index (κ3) is 4.96. The van der Waals surface area contributed by atoms with Crippen LogP contribution in [0, 0.1) is 0 Å². The van der Waals surface area contributed by atoms with E-state index in [0.29, 0.717) is 28.0 Å². The Balaban J connectivity index is 1.32. The van der Waals surface area contributed by atoms with Crippen molar-refractivity contribution in [3.8, 4) is 33.0 Å². The molecule has 0 saturated carbocycles. The van der Waals surface area contributed by atoms with Crippen LogP contribution in [0.4, 0.5) is 0 Å². The Labute approximate surface area is 209 Å². The number of rotatable bonds is 10. The Kier molecular flexibility index (Phi) is 6.59. The SMILES string of the molecule is C=Cc1c(OCc2cn3nc(OC)sc3n2)cc(OC)cc1OCc1nnc(-c2ccccc2)s1. The summed E-state index contributed by atoms with van der Waals surface area (Å²) in [7, 11) is 3.17. The van der Waals surface area contributed by atoms with E-state index in [0.717, 1.165) is 26.2 Å². The van der Waals surface area contributed by atoms with Gasteiger partial charge in [-0.3, -0.25) is 0 Å². The molecular weight excluding hydrogens is 486 g/mol. The van der Waals surface area contributed by atoms with Crippen LogP contribution in [0.3, 0.4) is 0 Å². The van der Waals surface area contributed by atoms with E-state index in [2.05, 4.69) is 26.9 Å². The van der Waals surface area contributed by atoms with Gasteiger partial charge in [0.05, 0.1) is 31.7 Å². The molecule has 3 aromatic heterocycles. The van der Waals surface area contributed by atoms with E-state index >= 15 is 0 Å². The summed E-state index contributed by atoms with van der Waals surface area (Å²) in [5.41, 5.74) is 2.46. The summed E-state index contributed by atoms with van der Waals surface area (Å²) in [6, 6.07) is 13.5. The molecule has 0 N–H and O–H groups in total. The number of fused-ring (bicyclic) bond motifs is 1. The minimum Gasteiger partial charge on any atom is -0.496 e. The molecule has 178 valence electrons. The molecule has 0 spiro atoms. The maximum absolute atomic E-state index is 6.09. The molecule has 0 bridgehead atoms. The minimum atomic E-state index is 0.239. The molecule has 0 radical (unpaired) electrons. The van der Waals surface area contributed by atoms with Crippen molar-refractivity contribution in [2.24, 2.45) is 0 Å². The number of aromatic nitrogens is 5. The van der Waals surface area contributed by atoms with Crippen molar-refractivity contribution in [3.05, 3.63) is 71.5 Å².